The van der Waals surface area contributed by atoms with Crippen LogP contribution < -0.4 is 10.5 Å². The van der Waals surface area contributed by atoms with Crippen molar-refractivity contribution in [3.8, 4) is 0 Å². The molecule has 118 valence electrons. The highest BCUT2D eigenvalue weighted by Crippen LogP contribution is 2.25. The topological polar surface area (TPSA) is 106 Å². The Bertz CT molecular complexity index is 689. The second-order valence-electron chi connectivity index (χ2n) is 4.65. The van der Waals surface area contributed by atoms with E-state index in [9.17, 15) is 17.4 Å². The molecule has 0 fully saturated rings. The third-order valence-electron chi connectivity index (χ3n) is 2.98. The SMILES string of the molecule is Cc1c(Br)cc(C(=O)NCC(C)S(C)=O)cc1S(N)(=O)=O. The third-order valence-corrected chi connectivity index (χ3v) is 6.14. The van der Waals surface area contributed by atoms with E-state index in [4.69, 9.17) is 5.14 Å². The Balaban J connectivity index is 3.07. The largest absolute Gasteiger partial charge is 0.351 e. The lowest BCUT2D eigenvalue weighted by Gasteiger charge is -2.12. The number of carbonyl (C=O) groups excluding carboxylic acids is 1. The smallest absolute Gasteiger partial charge is 0.251 e. The average Bonchev–Trinajstić information content (AvgIpc) is 2.36. The van der Waals surface area contributed by atoms with Gasteiger partial charge in [0.15, 0.2) is 0 Å². The number of amides is 1. The average molecular weight is 397 g/mol. The van der Waals surface area contributed by atoms with Gasteiger partial charge in [-0.2, -0.15) is 0 Å². The predicted octanol–water partition coefficient (Wildman–Crippen LogP) is 0.902. The lowest BCUT2D eigenvalue weighted by atomic mass is 10.1. The Hall–Kier alpha value is -0.770. The number of carbonyl (C=O) groups is 1. The van der Waals surface area contributed by atoms with E-state index >= 15 is 0 Å². The summed E-state index contributed by atoms with van der Waals surface area (Å²) in [7, 11) is -4.96. The van der Waals surface area contributed by atoms with E-state index in [-0.39, 0.29) is 22.3 Å². The van der Waals surface area contributed by atoms with Gasteiger partial charge < -0.3 is 5.32 Å². The number of halogens is 1. The van der Waals surface area contributed by atoms with Gasteiger partial charge in [0.05, 0.1) is 4.90 Å². The molecule has 2 atom stereocenters. The predicted molar refractivity (Wildman–Crippen MR) is 86.1 cm³/mol. The Morgan fingerprint density at radius 3 is 2.52 bits per heavy atom. The molecular formula is C12H17BrN2O4S2. The molecule has 1 aromatic rings. The van der Waals surface area contributed by atoms with Crippen LogP contribution in [0, 0.1) is 6.92 Å². The maximum atomic E-state index is 12.0. The number of benzene rings is 1. The Morgan fingerprint density at radius 1 is 1.48 bits per heavy atom. The highest BCUT2D eigenvalue weighted by molar-refractivity contribution is 9.10. The molecule has 9 heteroatoms. The van der Waals surface area contributed by atoms with Gasteiger partial charge in [0.2, 0.25) is 10.0 Å². The van der Waals surface area contributed by atoms with Crippen molar-refractivity contribution < 1.29 is 17.4 Å². The molecule has 0 aliphatic heterocycles. The van der Waals surface area contributed by atoms with Crippen molar-refractivity contribution in [2.75, 3.05) is 12.8 Å². The normalized spacial score (nSPS) is 14.5. The zero-order chi connectivity index (χ0) is 16.4. The van der Waals surface area contributed by atoms with E-state index in [1.807, 2.05) is 0 Å². The first-order chi connectivity index (χ1) is 9.54. The molecule has 0 bridgehead atoms. The molecule has 0 radical (unpaired) electrons. The molecule has 0 aromatic heterocycles. The Morgan fingerprint density at radius 2 is 2.05 bits per heavy atom. The van der Waals surface area contributed by atoms with Crippen molar-refractivity contribution >= 4 is 42.7 Å². The van der Waals surface area contributed by atoms with E-state index in [2.05, 4.69) is 21.2 Å². The molecule has 0 aliphatic rings. The third kappa shape index (κ3) is 4.87. The van der Waals surface area contributed by atoms with Crippen LogP contribution in [0.5, 0.6) is 0 Å². The fourth-order valence-electron chi connectivity index (χ4n) is 1.54. The molecule has 0 saturated carbocycles. The highest BCUT2D eigenvalue weighted by atomic mass is 79.9. The zero-order valence-corrected chi connectivity index (χ0v) is 15.1. The van der Waals surface area contributed by atoms with Crippen LogP contribution in [0.1, 0.15) is 22.8 Å². The minimum Gasteiger partial charge on any atom is -0.351 e. The molecular weight excluding hydrogens is 380 g/mol. The molecule has 3 N–H and O–H groups in total. The van der Waals surface area contributed by atoms with Crippen molar-refractivity contribution in [1.82, 2.24) is 5.32 Å². The summed E-state index contributed by atoms with van der Waals surface area (Å²) in [6.07, 6.45) is 1.55. The first-order valence-electron chi connectivity index (χ1n) is 5.97. The second kappa shape index (κ2) is 6.99. The van der Waals surface area contributed by atoms with Gasteiger partial charge in [-0.05, 0) is 31.5 Å². The van der Waals surface area contributed by atoms with E-state index < -0.39 is 26.7 Å². The number of primary sulfonamides is 1. The van der Waals surface area contributed by atoms with Gasteiger partial charge in [0.25, 0.3) is 5.91 Å². The Kier molecular flexibility index (Phi) is 6.09. The molecule has 1 aromatic carbocycles. The first-order valence-corrected chi connectivity index (χ1v) is 9.93. The molecule has 6 nitrogen and oxygen atoms in total. The van der Waals surface area contributed by atoms with E-state index in [0.29, 0.717) is 10.0 Å². The van der Waals surface area contributed by atoms with E-state index in [1.165, 1.54) is 12.1 Å². The molecule has 0 aliphatic carbocycles. The molecule has 2 unspecified atom stereocenters. The zero-order valence-electron chi connectivity index (χ0n) is 11.8. The van der Waals surface area contributed by atoms with Crippen molar-refractivity contribution in [2.24, 2.45) is 5.14 Å². The summed E-state index contributed by atoms with van der Waals surface area (Å²) in [6, 6.07) is 2.76. The van der Waals surface area contributed by atoms with Gasteiger partial charge in [-0.15, -0.1) is 0 Å². The molecule has 0 heterocycles. The molecule has 21 heavy (non-hydrogen) atoms. The fourth-order valence-corrected chi connectivity index (χ4v) is 3.27. The van der Waals surface area contributed by atoms with Crippen molar-refractivity contribution in [3.63, 3.8) is 0 Å². The van der Waals surface area contributed by atoms with E-state index in [0.717, 1.165) is 0 Å². The lowest BCUT2D eigenvalue weighted by molar-refractivity contribution is 0.0954. The minimum absolute atomic E-state index is 0.103. The number of rotatable bonds is 5. The van der Waals surface area contributed by atoms with Crippen molar-refractivity contribution in [3.05, 3.63) is 27.7 Å². The van der Waals surface area contributed by atoms with Crippen LogP contribution in [0.15, 0.2) is 21.5 Å². The number of nitrogens with one attached hydrogen (secondary N) is 1. The van der Waals surface area contributed by atoms with Gasteiger partial charge in [-0.1, -0.05) is 15.9 Å². The fraction of sp³-hybridized carbons (Fsp3) is 0.417. The van der Waals surface area contributed by atoms with Gasteiger partial charge in [-0.3, -0.25) is 9.00 Å². The summed E-state index contributed by atoms with van der Waals surface area (Å²) in [5, 5.41) is 7.56. The van der Waals surface area contributed by atoms with Crippen molar-refractivity contribution in [2.45, 2.75) is 24.0 Å². The lowest BCUT2D eigenvalue weighted by Crippen LogP contribution is -2.32. The van der Waals surface area contributed by atoms with Crippen LogP contribution >= 0.6 is 15.9 Å². The van der Waals surface area contributed by atoms with Crippen molar-refractivity contribution in [1.29, 1.82) is 0 Å². The summed E-state index contributed by atoms with van der Waals surface area (Å²) < 4.78 is 34.8. The number of sulfonamides is 1. The van der Waals surface area contributed by atoms with Gasteiger partial charge in [-0.25, -0.2) is 13.6 Å². The summed E-state index contributed by atoms with van der Waals surface area (Å²) in [5.41, 5.74) is 0.614. The van der Waals surface area contributed by atoms with Crippen LogP contribution in [-0.2, 0) is 20.8 Å². The molecule has 1 amide bonds. The van der Waals surface area contributed by atoms with Crippen LogP contribution in [0.2, 0.25) is 0 Å². The van der Waals surface area contributed by atoms with Crippen LogP contribution in [0.25, 0.3) is 0 Å². The van der Waals surface area contributed by atoms with E-state index in [1.54, 1.807) is 20.1 Å². The highest BCUT2D eigenvalue weighted by Gasteiger charge is 2.18. The van der Waals surface area contributed by atoms with Crippen LogP contribution in [0.4, 0.5) is 0 Å². The summed E-state index contributed by atoms with van der Waals surface area (Å²) in [5.74, 6) is -0.446. The summed E-state index contributed by atoms with van der Waals surface area (Å²) in [4.78, 5) is 11.9. The monoisotopic (exact) mass is 396 g/mol. The first kappa shape index (κ1) is 18.3. The summed E-state index contributed by atoms with van der Waals surface area (Å²) in [6.45, 7) is 3.57. The maximum absolute atomic E-state index is 12.0. The number of hydrogen-bond donors (Lipinski definition) is 2. The Labute approximate surface area is 135 Å². The van der Waals surface area contributed by atoms with Gasteiger partial charge in [0, 0.05) is 38.9 Å². The standard InChI is InChI=1S/C12H17BrN2O4S2/c1-7(20(3)17)6-15-12(16)9-4-10(13)8(2)11(5-9)21(14,18)19/h4-5,7H,6H2,1-3H3,(H,15,16)(H2,14,18,19). The quantitative estimate of drug-likeness (QED) is 0.770. The minimum atomic E-state index is -3.92. The molecule has 0 spiro atoms. The van der Waals surface area contributed by atoms with Crippen LogP contribution in [0.3, 0.4) is 0 Å². The number of hydrogen-bond acceptors (Lipinski definition) is 4. The molecule has 1 rings (SSSR count). The molecule has 0 saturated heterocycles. The van der Waals surface area contributed by atoms with Gasteiger partial charge in [0.1, 0.15) is 0 Å². The maximum Gasteiger partial charge on any atom is 0.251 e. The summed E-state index contributed by atoms with van der Waals surface area (Å²) >= 11 is 3.21. The van der Waals surface area contributed by atoms with Gasteiger partial charge >= 0.3 is 0 Å². The number of nitrogens with two attached hydrogens (primary N) is 1. The van der Waals surface area contributed by atoms with Crippen LogP contribution in [-0.4, -0.2) is 36.6 Å². The second-order valence-corrected chi connectivity index (χ2v) is 8.83.